The van der Waals surface area contributed by atoms with Gasteiger partial charge in [-0.25, -0.2) is 0 Å². The second-order valence-electron chi connectivity index (χ2n) is 1.62. The molecule has 0 heterocycles. The van der Waals surface area contributed by atoms with E-state index in [1.807, 2.05) is 13.8 Å². The summed E-state index contributed by atoms with van der Waals surface area (Å²) in [5.74, 6) is 0. The molecule has 0 radical (unpaired) electrons. The lowest BCUT2D eigenvalue weighted by atomic mass is 10.4. The Morgan fingerprint density at radius 2 is 2.50 bits per heavy atom. The molecule has 0 aliphatic rings. The van der Waals surface area contributed by atoms with Crippen LogP contribution in [0.3, 0.4) is 0 Å². The van der Waals surface area contributed by atoms with Crippen molar-refractivity contribution in [2.45, 2.75) is 13.8 Å². The van der Waals surface area contributed by atoms with Crippen LogP contribution in [0.5, 0.6) is 0 Å². The molecule has 0 amide bonds. The summed E-state index contributed by atoms with van der Waals surface area (Å²) in [7, 11) is 0. The van der Waals surface area contributed by atoms with Crippen molar-refractivity contribution in [1.29, 1.82) is 0 Å². The SMILES string of the molecule is C=C(C)C=NNCC. The Bertz CT molecular complexity index is 94.7. The van der Waals surface area contributed by atoms with Crippen LogP contribution in [0.1, 0.15) is 13.8 Å². The predicted octanol–water partition coefficient (Wildman–Crippen LogP) is 1.16. The maximum atomic E-state index is 3.81. The lowest BCUT2D eigenvalue weighted by Crippen LogP contribution is -2.02. The van der Waals surface area contributed by atoms with E-state index in [-0.39, 0.29) is 0 Å². The average molecular weight is 112 g/mol. The molecular weight excluding hydrogens is 100 g/mol. The van der Waals surface area contributed by atoms with E-state index >= 15 is 0 Å². The van der Waals surface area contributed by atoms with E-state index in [1.54, 1.807) is 6.21 Å². The molecule has 0 saturated carbocycles. The summed E-state index contributed by atoms with van der Waals surface area (Å²) in [5.41, 5.74) is 3.75. The number of hydrogen-bond acceptors (Lipinski definition) is 2. The zero-order chi connectivity index (χ0) is 6.41. The predicted molar refractivity (Wildman–Crippen MR) is 37.0 cm³/mol. The number of nitrogens with one attached hydrogen (secondary N) is 1. The van der Waals surface area contributed by atoms with Crippen LogP contribution in [0.2, 0.25) is 0 Å². The van der Waals surface area contributed by atoms with E-state index in [4.69, 9.17) is 0 Å². The molecule has 2 heteroatoms. The molecule has 0 aromatic carbocycles. The second-order valence-corrected chi connectivity index (χ2v) is 1.62. The van der Waals surface area contributed by atoms with E-state index in [9.17, 15) is 0 Å². The fourth-order valence-electron chi connectivity index (χ4n) is 0.247. The molecule has 0 aliphatic heterocycles. The van der Waals surface area contributed by atoms with E-state index in [0.29, 0.717) is 0 Å². The molecular formula is C6H12N2. The molecule has 0 fully saturated rings. The van der Waals surface area contributed by atoms with Crippen molar-refractivity contribution in [3.63, 3.8) is 0 Å². The van der Waals surface area contributed by atoms with Gasteiger partial charge in [0.1, 0.15) is 0 Å². The van der Waals surface area contributed by atoms with E-state index in [0.717, 1.165) is 12.1 Å². The van der Waals surface area contributed by atoms with Crippen molar-refractivity contribution in [3.05, 3.63) is 12.2 Å². The minimum atomic E-state index is 0.865. The molecule has 0 saturated heterocycles. The van der Waals surface area contributed by atoms with Crippen LogP contribution in [-0.2, 0) is 0 Å². The first-order chi connectivity index (χ1) is 3.77. The Hall–Kier alpha value is -0.790. The highest BCUT2D eigenvalue weighted by molar-refractivity contribution is 5.76. The molecule has 0 bridgehead atoms. The summed E-state index contributed by atoms with van der Waals surface area (Å²) in [6.07, 6.45) is 1.70. The Morgan fingerprint density at radius 3 is 2.88 bits per heavy atom. The maximum Gasteiger partial charge on any atom is 0.0491 e. The van der Waals surface area contributed by atoms with Gasteiger partial charge < -0.3 is 5.43 Å². The summed E-state index contributed by atoms with van der Waals surface area (Å²) in [6, 6.07) is 0. The smallest absolute Gasteiger partial charge is 0.0491 e. The quantitative estimate of drug-likeness (QED) is 0.430. The second kappa shape index (κ2) is 4.37. The normalized spacial score (nSPS) is 9.75. The average Bonchev–Trinajstić information content (AvgIpc) is 1.66. The summed E-state index contributed by atoms with van der Waals surface area (Å²) < 4.78 is 0. The highest BCUT2D eigenvalue weighted by Crippen LogP contribution is 1.75. The molecule has 0 aliphatic carbocycles. The van der Waals surface area contributed by atoms with Gasteiger partial charge in [0.2, 0.25) is 0 Å². The van der Waals surface area contributed by atoms with Crippen LogP contribution in [-0.4, -0.2) is 12.8 Å². The number of allylic oxidation sites excluding steroid dienone is 1. The number of rotatable bonds is 3. The highest BCUT2D eigenvalue weighted by atomic mass is 15.3. The van der Waals surface area contributed by atoms with Gasteiger partial charge in [-0.05, 0) is 19.4 Å². The largest absolute Gasteiger partial charge is 0.310 e. The molecule has 46 valence electrons. The lowest BCUT2D eigenvalue weighted by molar-refractivity contribution is 0.787. The van der Waals surface area contributed by atoms with Gasteiger partial charge in [0.25, 0.3) is 0 Å². The van der Waals surface area contributed by atoms with E-state index in [2.05, 4.69) is 17.1 Å². The van der Waals surface area contributed by atoms with Crippen molar-refractivity contribution in [1.82, 2.24) is 5.43 Å². The standard InChI is InChI=1S/C6H12N2/c1-4-7-8-5-6(2)3/h5,7H,2,4H2,1,3H3. The fourth-order valence-corrected chi connectivity index (χ4v) is 0.247. The molecule has 0 aromatic heterocycles. The Labute approximate surface area is 50.3 Å². The first kappa shape index (κ1) is 7.21. The van der Waals surface area contributed by atoms with Gasteiger partial charge in [-0.1, -0.05) is 6.58 Å². The van der Waals surface area contributed by atoms with Crippen LogP contribution < -0.4 is 5.43 Å². The molecule has 0 spiro atoms. The topological polar surface area (TPSA) is 24.4 Å². The summed E-state index contributed by atoms with van der Waals surface area (Å²) in [5, 5.41) is 3.81. The third kappa shape index (κ3) is 5.21. The number of hydrogen-bond donors (Lipinski definition) is 1. The van der Waals surface area contributed by atoms with Crippen molar-refractivity contribution in [2.75, 3.05) is 6.54 Å². The zero-order valence-electron chi connectivity index (χ0n) is 5.44. The maximum absolute atomic E-state index is 3.81. The van der Waals surface area contributed by atoms with Gasteiger partial charge in [0, 0.05) is 12.8 Å². The van der Waals surface area contributed by atoms with Crippen molar-refractivity contribution in [2.24, 2.45) is 5.10 Å². The third-order valence-corrected chi connectivity index (χ3v) is 0.534. The minimum Gasteiger partial charge on any atom is -0.310 e. The molecule has 0 unspecified atom stereocenters. The summed E-state index contributed by atoms with van der Waals surface area (Å²) in [6.45, 7) is 8.40. The van der Waals surface area contributed by atoms with Crippen molar-refractivity contribution in [3.8, 4) is 0 Å². The Balaban J connectivity index is 3.20. The Kier molecular flexibility index (Phi) is 3.94. The summed E-state index contributed by atoms with van der Waals surface area (Å²) >= 11 is 0. The van der Waals surface area contributed by atoms with Gasteiger partial charge in [-0.2, -0.15) is 5.10 Å². The van der Waals surface area contributed by atoms with Crippen LogP contribution in [0.25, 0.3) is 0 Å². The van der Waals surface area contributed by atoms with Crippen LogP contribution in [0, 0.1) is 0 Å². The van der Waals surface area contributed by atoms with Crippen molar-refractivity contribution < 1.29 is 0 Å². The monoisotopic (exact) mass is 112 g/mol. The van der Waals surface area contributed by atoms with Crippen LogP contribution in [0.15, 0.2) is 17.3 Å². The Morgan fingerprint density at radius 1 is 1.88 bits per heavy atom. The third-order valence-electron chi connectivity index (χ3n) is 0.534. The minimum absolute atomic E-state index is 0.865. The lowest BCUT2D eigenvalue weighted by Gasteiger charge is -1.89. The first-order valence-corrected chi connectivity index (χ1v) is 2.68. The molecule has 1 N–H and O–H groups in total. The van der Waals surface area contributed by atoms with E-state index in [1.165, 1.54) is 0 Å². The first-order valence-electron chi connectivity index (χ1n) is 2.68. The van der Waals surface area contributed by atoms with Crippen LogP contribution >= 0.6 is 0 Å². The number of nitrogens with zero attached hydrogens (tertiary/aromatic N) is 1. The molecule has 2 nitrogen and oxygen atoms in total. The van der Waals surface area contributed by atoms with Gasteiger partial charge in [-0.15, -0.1) is 0 Å². The molecule has 0 aromatic rings. The van der Waals surface area contributed by atoms with Gasteiger partial charge in [0.05, 0.1) is 0 Å². The van der Waals surface area contributed by atoms with Crippen LogP contribution in [0.4, 0.5) is 0 Å². The summed E-state index contributed by atoms with van der Waals surface area (Å²) in [4.78, 5) is 0. The molecule has 0 atom stereocenters. The van der Waals surface area contributed by atoms with Gasteiger partial charge in [-0.3, -0.25) is 0 Å². The molecule has 8 heavy (non-hydrogen) atoms. The zero-order valence-corrected chi connectivity index (χ0v) is 5.44. The number of hydrazone groups is 1. The van der Waals surface area contributed by atoms with Gasteiger partial charge in [0.15, 0.2) is 0 Å². The van der Waals surface area contributed by atoms with E-state index < -0.39 is 0 Å². The van der Waals surface area contributed by atoms with Crippen molar-refractivity contribution >= 4 is 6.21 Å². The molecule has 0 rings (SSSR count). The fraction of sp³-hybridized carbons (Fsp3) is 0.500. The highest BCUT2D eigenvalue weighted by Gasteiger charge is 1.70. The van der Waals surface area contributed by atoms with Gasteiger partial charge >= 0.3 is 0 Å².